The van der Waals surface area contributed by atoms with Gasteiger partial charge in [-0.1, -0.05) is 6.92 Å². The zero-order valence-electron chi connectivity index (χ0n) is 10.4. The largest absolute Gasteiger partial charge is 0.508 e. The van der Waals surface area contributed by atoms with Crippen LogP contribution in [-0.2, 0) is 0 Å². The molecule has 1 fully saturated rings. The fourth-order valence-corrected chi connectivity index (χ4v) is 2.57. The van der Waals surface area contributed by atoms with Gasteiger partial charge in [0.15, 0.2) is 0 Å². The maximum atomic E-state index is 12.4. The molecule has 92 valence electrons. The number of hydrogen-bond acceptors (Lipinski definition) is 2. The first kappa shape index (κ1) is 12.0. The Hall–Kier alpha value is -1.51. The maximum Gasteiger partial charge on any atom is 0.254 e. The van der Waals surface area contributed by atoms with Gasteiger partial charge < -0.3 is 10.0 Å². The van der Waals surface area contributed by atoms with Gasteiger partial charge in [0.25, 0.3) is 5.91 Å². The van der Waals surface area contributed by atoms with Gasteiger partial charge in [-0.3, -0.25) is 4.79 Å². The van der Waals surface area contributed by atoms with E-state index in [2.05, 4.69) is 6.92 Å². The third-order valence-electron chi connectivity index (χ3n) is 3.55. The van der Waals surface area contributed by atoms with Crippen LogP contribution in [0.3, 0.4) is 0 Å². The van der Waals surface area contributed by atoms with Crippen molar-refractivity contribution in [3.63, 3.8) is 0 Å². The van der Waals surface area contributed by atoms with E-state index in [4.69, 9.17) is 0 Å². The number of phenolic OH excluding ortho intramolecular Hbond substituents is 1. The molecule has 1 unspecified atom stereocenters. The van der Waals surface area contributed by atoms with Gasteiger partial charge in [0.1, 0.15) is 5.75 Å². The van der Waals surface area contributed by atoms with Crippen LogP contribution in [0.15, 0.2) is 18.2 Å². The minimum Gasteiger partial charge on any atom is -0.508 e. The molecule has 1 heterocycles. The lowest BCUT2D eigenvalue weighted by molar-refractivity contribution is 0.0733. The van der Waals surface area contributed by atoms with Gasteiger partial charge in [-0.25, -0.2) is 0 Å². The molecular weight excluding hydrogens is 214 g/mol. The minimum atomic E-state index is 0.104. The second-order valence-corrected chi connectivity index (χ2v) is 4.70. The summed E-state index contributed by atoms with van der Waals surface area (Å²) >= 11 is 0. The van der Waals surface area contributed by atoms with Crippen molar-refractivity contribution >= 4 is 5.91 Å². The number of carbonyl (C=O) groups is 1. The Labute approximate surface area is 102 Å². The van der Waals surface area contributed by atoms with E-state index in [-0.39, 0.29) is 11.7 Å². The number of aryl methyl sites for hydroxylation is 1. The Morgan fingerprint density at radius 2 is 2.29 bits per heavy atom. The lowest BCUT2D eigenvalue weighted by Gasteiger charge is -2.24. The number of hydrogen-bond donors (Lipinski definition) is 1. The zero-order valence-corrected chi connectivity index (χ0v) is 10.4. The molecule has 1 aliphatic heterocycles. The van der Waals surface area contributed by atoms with Crippen molar-refractivity contribution in [3.8, 4) is 5.75 Å². The number of nitrogens with zero attached hydrogens (tertiary/aromatic N) is 1. The molecule has 1 N–H and O–H groups in total. The van der Waals surface area contributed by atoms with E-state index >= 15 is 0 Å². The van der Waals surface area contributed by atoms with Crippen molar-refractivity contribution in [2.45, 2.75) is 39.2 Å². The van der Waals surface area contributed by atoms with Gasteiger partial charge in [0, 0.05) is 18.2 Å². The molecule has 2 rings (SSSR count). The Kier molecular flexibility index (Phi) is 3.36. The van der Waals surface area contributed by atoms with Crippen LogP contribution in [0.25, 0.3) is 0 Å². The monoisotopic (exact) mass is 233 g/mol. The van der Waals surface area contributed by atoms with Crippen LogP contribution in [0.4, 0.5) is 0 Å². The SMILES string of the molecule is CCC1CCCN1C(=O)c1ccc(O)cc1C. The molecule has 0 aromatic heterocycles. The Morgan fingerprint density at radius 3 is 2.94 bits per heavy atom. The summed E-state index contributed by atoms with van der Waals surface area (Å²) in [6, 6.07) is 5.33. The standard InChI is InChI=1S/C14H19NO2/c1-3-11-5-4-8-15(11)14(17)13-7-6-12(16)9-10(13)2/h6-7,9,11,16H,3-5,8H2,1-2H3. The average molecular weight is 233 g/mol. The smallest absolute Gasteiger partial charge is 0.254 e. The molecule has 3 heteroatoms. The topological polar surface area (TPSA) is 40.5 Å². The highest BCUT2D eigenvalue weighted by molar-refractivity contribution is 5.96. The fraction of sp³-hybridized carbons (Fsp3) is 0.500. The van der Waals surface area contributed by atoms with Gasteiger partial charge >= 0.3 is 0 Å². The molecule has 1 aromatic carbocycles. The van der Waals surface area contributed by atoms with E-state index in [1.165, 1.54) is 0 Å². The van der Waals surface area contributed by atoms with E-state index in [0.29, 0.717) is 11.6 Å². The molecule has 0 saturated carbocycles. The van der Waals surface area contributed by atoms with Crippen molar-refractivity contribution < 1.29 is 9.90 Å². The number of benzene rings is 1. The number of amides is 1. The molecule has 0 radical (unpaired) electrons. The minimum absolute atomic E-state index is 0.104. The second-order valence-electron chi connectivity index (χ2n) is 4.70. The van der Waals surface area contributed by atoms with E-state index in [1.807, 2.05) is 11.8 Å². The lowest BCUT2D eigenvalue weighted by Crippen LogP contribution is -2.35. The van der Waals surface area contributed by atoms with Gasteiger partial charge in [0.2, 0.25) is 0 Å². The first-order chi connectivity index (χ1) is 8.13. The highest BCUT2D eigenvalue weighted by atomic mass is 16.3. The first-order valence-electron chi connectivity index (χ1n) is 6.24. The van der Waals surface area contributed by atoms with Crippen LogP contribution in [0.1, 0.15) is 42.1 Å². The van der Waals surface area contributed by atoms with Gasteiger partial charge in [-0.05, 0) is 49.9 Å². The molecule has 0 aliphatic carbocycles. The summed E-state index contributed by atoms with van der Waals surface area (Å²) in [6.45, 7) is 4.85. The number of rotatable bonds is 2. The van der Waals surface area contributed by atoms with Crippen LogP contribution < -0.4 is 0 Å². The second kappa shape index (κ2) is 4.78. The lowest BCUT2D eigenvalue weighted by atomic mass is 10.1. The molecule has 1 aliphatic rings. The molecular formula is C14H19NO2. The van der Waals surface area contributed by atoms with E-state index in [1.54, 1.807) is 18.2 Å². The van der Waals surface area contributed by atoms with Gasteiger partial charge in [-0.15, -0.1) is 0 Å². The Bertz CT molecular complexity index is 428. The highest BCUT2D eigenvalue weighted by Gasteiger charge is 2.28. The third-order valence-corrected chi connectivity index (χ3v) is 3.55. The summed E-state index contributed by atoms with van der Waals surface area (Å²) in [5.74, 6) is 0.319. The van der Waals surface area contributed by atoms with Gasteiger partial charge in [0.05, 0.1) is 0 Å². The fourth-order valence-electron chi connectivity index (χ4n) is 2.57. The quantitative estimate of drug-likeness (QED) is 0.853. The summed E-state index contributed by atoms with van der Waals surface area (Å²) in [7, 11) is 0. The highest BCUT2D eigenvalue weighted by Crippen LogP contribution is 2.24. The van der Waals surface area contributed by atoms with Crippen LogP contribution >= 0.6 is 0 Å². The van der Waals surface area contributed by atoms with Gasteiger partial charge in [-0.2, -0.15) is 0 Å². The number of phenols is 1. The molecule has 1 aromatic rings. The Morgan fingerprint density at radius 1 is 1.53 bits per heavy atom. The van der Waals surface area contributed by atoms with Crippen molar-refractivity contribution in [1.82, 2.24) is 4.90 Å². The third kappa shape index (κ3) is 2.28. The summed E-state index contributed by atoms with van der Waals surface area (Å²) < 4.78 is 0. The van der Waals surface area contributed by atoms with E-state index in [9.17, 15) is 9.90 Å². The summed E-state index contributed by atoms with van der Waals surface area (Å²) in [6.07, 6.45) is 3.23. The summed E-state index contributed by atoms with van der Waals surface area (Å²) in [4.78, 5) is 14.4. The van der Waals surface area contributed by atoms with Crippen LogP contribution in [-0.4, -0.2) is 28.5 Å². The van der Waals surface area contributed by atoms with E-state index < -0.39 is 0 Å². The molecule has 1 saturated heterocycles. The number of aromatic hydroxyl groups is 1. The molecule has 3 nitrogen and oxygen atoms in total. The summed E-state index contributed by atoms with van der Waals surface area (Å²) in [5, 5.41) is 9.36. The first-order valence-corrected chi connectivity index (χ1v) is 6.24. The molecule has 1 atom stereocenters. The molecule has 1 amide bonds. The van der Waals surface area contributed by atoms with Crippen molar-refractivity contribution in [2.75, 3.05) is 6.54 Å². The molecule has 0 bridgehead atoms. The number of likely N-dealkylation sites (tertiary alicyclic amines) is 1. The predicted molar refractivity (Wildman–Crippen MR) is 67.2 cm³/mol. The molecule has 0 spiro atoms. The van der Waals surface area contributed by atoms with Crippen molar-refractivity contribution in [3.05, 3.63) is 29.3 Å². The van der Waals surface area contributed by atoms with Crippen LogP contribution in [0, 0.1) is 6.92 Å². The van der Waals surface area contributed by atoms with Crippen molar-refractivity contribution in [2.24, 2.45) is 0 Å². The average Bonchev–Trinajstić information content (AvgIpc) is 2.76. The summed E-state index contributed by atoms with van der Waals surface area (Å²) in [5.41, 5.74) is 1.56. The Balaban J connectivity index is 2.24. The number of carbonyl (C=O) groups excluding carboxylic acids is 1. The van der Waals surface area contributed by atoms with Crippen LogP contribution in [0.5, 0.6) is 5.75 Å². The normalized spacial score (nSPS) is 19.6. The van der Waals surface area contributed by atoms with Crippen molar-refractivity contribution in [1.29, 1.82) is 0 Å². The predicted octanol–water partition coefficient (Wildman–Crippen LogP) is 2.72. The zero-order chi connectivity index (χ0) is 12.4. The maximum absolute atomic E-state index is 12.4. The van der Waals surface area contributed by atoms with E-state index in [0.717, 1.165) is 31.4 Å². The van der Waals surface area contributed by atoms with Crippen LogP contribution in [0.2, 0.25) is 0 Å². The molecule has 17 heavy (non-hydrogen) atoms.